The molecule has 1 spiro atoms. The first-order valence-corrected chi connectivity index (χ1v) is 10.5. The van der Waals surface area contributed by atoms with Crippen LogP contribution >= 0.6 is 0 Å². The van der Waals surface area contributed by atoms with Crippen LogP contribution in [-0.4, -0.2) is 97.5 Å². The van der Waals surface area contributed by atoms with Crippen LogP contribution in [0.5, 0.6) is 0 Å². The van der Waals surface area contributed by atoms with E-state index in [1.807, 2.05) is 35.2 Å². The van der Waals surface area contributed by atoms with Gasteiger partial charge in [-0.1, -0.05) is 18.2 Å². The van der Waals surface area contributed by atoms with Crippen LogP contribution in [0.2, 0.25) is 0 Å². The maximum atomic E-state index is 13.0. The van der Waals surface area contributed by atoms with E-state index in [0.29, 0.717) is 18.7 Å². The van der Waals surface area contributed by atoms with Crippen LogP contribution < -0.4 is 5.32 Å². The van der Waals surface area contributed by atoms with Gasteiger partial charge in [-0.15, -0.1) is 0 Å². The molecule has 4 aliphatic heterocycles. The van der Waals surface area contributed by atoms with E-state index < -0.39 is 0 Å². The normalized spacial score (nSPS) is 28.6. The fourth-order valence-corrected chi connectivity index (χ4v) is 5.37. The predicted octanol–water partition coefficient (Wildman–Crippen LogP) is 1.47. The van der Waals surface area contributed by atoms with E-state index in [9.17, 15) is 4.79 Å². The molecule has 1 unspecified atom stereocenters. The second kappa shape index (κ2) is 7.63. The number of anilines is 1. The molecule has 1 aromatic rings. The number of carbonyl (C=O) groups excluding carboxylic acids is 1. The highest BCUT2D eigenvalue weighted by Crippen LogP contribution is 2.38. The van der Waals surface area contributed by atoms with Gasteiger partial charge in [0.15, 0.2) is 0 Å². The van der Waals surface area contributed by atoms with Crippen LogP contribution in [0.15, 0.2) is 30.3 Å². The van der Waals surface area contributed by atoms with Crippen LogP contribution in [0.3, 0.4) is 0 Å². The Morgan fingerprint density at radius 3 is 2.57 bits per heavy atom. The van der Waals surface area contributed by atoms with Gasteiger partial charge < -0.3 is 19.7 Å². The minimum atomic E-state index is 0.000292. The Kier molecular flexibility index (Phi) is 5.00. The van der Waals surface area contributed by atoms with Crippen molar-refractivity contribution in [3.63, 3.8) is 0 Å². The Balaban J connectivity index is 1.29. The van der Waals surface area contributed by atoms with Crippen molar-refractivity contribution in [2.24, 2.45) is 0 Å². The lowest BCUT2D eigenvalue weighted by molar-refractivity contribution is -0.170. The second-order valence-corrected chi connectivity index (χ2v) is 8.57. The van der Waals surface area contributed by atoms with Crippen LogP contribution in [0.1, 0.15) is 12.8 Å². The molecular weight excluding hydrogens is 356 g/mol. The number of rotatable bonds is 2. The Hall–Kier alpha value is -1.67. The monoisotopic (exact) mass is 386 g/mol. The maximum absolute atomic E-state index is 13.0. The van der Waals surface area contributed by atoms with Crippen molar-refractivity contribution in [3.8, 4) is 0 Å². The first kappa shape index (κ1) is 18.4. The van der Waals surface area contributed by atoms with Crippen LogP contribution in [0.25, 0.3) is 0 Å². The number of nitrogens with one attached hydrogen (secondary N) is 1. The molecule has 7 heteroatoms. The molecule has 4 aliphatic rings. The lowest BCUT2D eigenvalue weighted by Crippen LogP contribution is -2.82. The molecule has 0 aromatic heterocycles. The summed E-state index contributed by atoms with van der Waals surface area (Å²) in [7, 11) is 0. The number of urea groups is 1. The van der Waals surface area contributed by atoms with Crippen molar-refractivity contribution in [3.05, 3.63) is 30.3 Å². The number of hydrogen-bond acceptors (Lipinski definition) is 5. The summed E-state index contributed by atoms with van der Waals surface area (Å²) in [6, 6.07) is 10.6. The molecule has 152 valence electrons. The molecule has 1 aromatic carbocycles. The van der Waals surface area contributed by atoms with Crippen LogP contribution in [0.4, 0.5) is 10.5 Å². The molecule has 0 bridgehead atoms. The van der Waals surface area contributed by atoms with Gasteiger partial charge in [-0.2, -0.15) is 0 Å². The molecule has 7 nitrogen and oxygen atoms in total. The summed E-state index contributed by atoms with van der Waals surface area (Å²) in [5.41, 5.74) is 0.917. The third kappa shape index (κ3) is 3.41. The average Bonchev–Trinajstić information content (AvgIpc) is 2.72. The zero-order valence-corrected chi connectivity index (χ0v) is 16.4. The zero-order chi connectivity index (χ0) is 19.0. The molecule has 5 rings (SSSR count). The van der Waals surface area contributed by atoms with E-state index >= 15 is 0 Å². The summed E-state index contributed by atoms with van der Waals surface area (Å²) in [6.07, 6.45) is 2.25. The quantitative estimate of drug-likeness (QED) is 0.834. The van der Waals surface area contributed by atoms with E-state index in [1.54, 1.807) is 0 Å². The van der Waals surface area contributed by atoms with Gasteiger partial charge in [0.25, 0.3) is 0 Å². The van der Waals surface area contributed by atoms with Gasteiger partial charge in [0.1, 0.15) is 0 Å². The number of hydrogen-bond donors (Lipinski definition) is 1. The van der Waals surface area contributed by atoms with Crippen LogP contribution in [0, 0.1) is 0 Å². The highest BCUT2D eigenvalue weighted by molar-refractivity contribution is 5.89. The summed E-state index contributed by atoms with van der Waals surface area (Å²) in [5, 5.41) is 3.07. The van der Waals surface area contributed by atoms with Crippen molar-refractivity contribution in [2.45, 2.75) is 30.5 Å². The number of fused-ring (bicyclic) bond motifs is 2. The van der Waals surface area contributed by atoms with Crippen molar-refractivity contribution < 1.29 is 14.3 Å². The first-order valence-electron chi connectivity index (χ1n) is 10.5. The van der Waals surface area contributed by atoms with Gasteiger partial charge >= 0.3 is 6.03 Å². The predicted molar refractivity (Wildman–Crippen MR) is 106 cm³/mol. The molecule has 4 heterocycles. The highest BCUT2D eigenvalue weighted by Gasteiger charge is 2.56. The fourth-order valence-electron chi connectivity index (χ4n) is 5.37. The molecule has 4 fully saturated rings. The summed E-state index contributed by atoms with van der Waals surface area (Å²) in [6.45, 7) is 7.85. The van der Waals surface area contributed by atoms with Gasteiger partial charge in [0.2, 0.25) is 0 Å². The number of amides is 2. The standard InChI is InChI=1S/C21H30N4O3/c26-20(22-17-4-2-1-3-5-17)23-12-19-13-28-11-8-25(19)21(14-23)15-24(16-21)18-6-9-27-10-7-18/h1-5,18-19H,6-16H2,(H,22,26). The van der Waals surface area contributed by atoms with Crippen molar-refractivity contribution in [1.29, 1.82) is 0 Å². The molecule has 0 aliphatic carbocycles. The summed E-state index contributed by atoms with van der Waals surface area (Å²) in [4.78, 5) is 20.2. The first-order chi connectivity index (χ1) is 13.7. The lowest BCUT2D eigenvalue weighted by atomic mass is 9.81. The summed E-state index contributed by atoms with van der Waals surface area (Å²) < 4.78 is 11.3. The number of para-hydroxylation sites is 1. The second-order valence-electron chi connectivity index (χ2n) is 8.57. The van der Waals surface area contributed by atoms with E-state index in [2.05, 4.69) is 15.1 Å². The SMILES string of the molecule is O=C(Nc1ccccc1)N1CC2COCCN2C2(C1)CN(C1CCOCC1)C2. The smallest absolute Gasteiger partial charge is 0.321 e. The molecule has 1 N–H and O–H groups in total. The fraction of sp³-hybridized carbons (Fsp3) is 0.667. The largest absolute Gasteiger partial charge is 0.381 e. The van der Waals surface area contributed by atoms with Crippen molar-refractivity contribution >= 4 is 11.7 Å². The molecule has 4 saturated heterocycles. The van der Waals surface area contributed by atoms with E-state index in [1.165, 1.54) is 0 Å². The lowest BCUT2D eigenvalue weighted by Gasteiger charge is -2.64. The number of morpholine rings is 1. The summed E-state index contributed by atoms with van der Waals surface area (Å²) in [5.74, 6) is 0. The Labute approximate surface area is 166 Å². The van der Waals surface area contributed by atoms with E-state index in [0.717, 1.165) is 71.1 Å². The molecule has 2 amide bonds. The van der Waals surface area contributed by atoms with Gasteiger partial charge in [-0.3, -0.25) is 9.80 Å². The topological polar surface area (TPSA) is 57.3 Å². The van der Waals surface area contributed by atoms with Gasteiger partial charge in [0, 0.05) is 57.7 Å². The third-order valence-corrected chi connectivity index (χ3v) is 6.77. The third-order valence-electron chi connectivity index (χ3n) is 6.77. The number of nitrogens with zero attached hydrogens (tertiary/aromatic N) is 3. The number of benzene rings is 1. The Morgan fingerprint density at radius 1 is 1.00 bits per heavy atom. The Morgan fingerprint density at radius 2 is 1.79 bits per heavy atom. The molecule has 28 heavy (non-hydrogen) atoms. The molecular formula is C21H30N4O3. The maximum Gasteiger partial charge on any atom is 0.321 e. The number of piperazine rings is 1. The van der Waals surface area contributed by atoms with Crippen LogP contribution in [-0.2, 0) is 9.47 Å². The zero-order valence-electron chi connectivity index (χ0n) is 16.4. The van der Waals surface area contributed by atoms with Gasteiger partial charge in [-0.25, -0.2) is 4.79 Å². The minimum absolute atomic E-state index is 0.000292. The van der Waals surface area contributed by atoms with E-state index in [-0.39, 0.29) is 11.6 Å². The Bertz CT molecular complexity index is 688. The summed E-state index contributed by atoms with van der Waals surface area (Å²) >= 11 is 0. The average molecular weight is 386 g/mol. The number of ether oxygens (including phenoxy) is 2. The van der Waals surface area contributed by atoms with Crippen molar-refractivity contribution in [1.82, 2.24) is 14.7 Å². The number of carbonyl (C=O) groups is 1. The highest BCUT2D eigenvalue weighted by atomic mass is 16.5. The van der Waals surface area contributed by atoms with Gasteiger partial charge in [0.05, 0.1) is 24.8 Å². The van der Waals surface area contributed by atoms with Crippen molar-refractivity contribution in [2.75, 3.05) is 64.5 Å². The number of likely N-dealkylation sites (tertiary alicyclic amines) is 1. The van der Waals surface area contributed by atoms with E-state index in [4.69, 9.17) is 9.47 Å². The molecule has 0 radical (unpaired) electrons. The minimum Gasteiger partial charge on any atom is -0.381 e. The van der Waals surface area contributed by atoms with Gasteiger partial charge in [-0.05, 0) is 25.0 Å². The molecule has 1 atom stereocenters. The molecule has 0 saturated carbocycles.